The number of allylic oxidation sites excluding steroid dienone is 1. The van der Waals surface area contributed by atoms with Gasteiger partial charge in [-0.2, -0.15) is 0 Å². The Hall–Kier alpha value is -2.93. The van der Waals surface area contributed by atoms with Crippen molar-refractivity contribution in [1.29, 1.82) is 0 Å². The topological polar surface area (TPSA) is 65.1 Å². The number of quaternary nitrogens is 1. The molecule has 31 heavy (non-hydrogen) atoms. The average Bonchev–Trinajstić information content (AvgIpc) is 3.15. The Morgan fingerprint density at radius 3 is 2.68 bits per heavy atom. The van der Waals surface area contributed by atoms with E-state index in [2.05, 4.69) is 4.57 Å². The van der Waals surface area contributed by atoms with Gasteiger partial charge in [-0.15, -0.1) is 0 Å². The van der Waals surface area contributed by atoms with Crippen LogP contribution in [0.3, 0.4) is 0 Å². The van der Waals surface area contributed by atoms with Crippen LogP contribution < -0.4 is 9.64 Å². The first-order valence-corrected chi connectivity index (χ1v) is 10.7. The minimum atomic E-state index is -0.443. The molecule has 0 amide bonds. The molecule has 0 radical (unpaired) electrons. The first-order chi connectivity index (χ1) is 15.1. The molecule has 2 heterocycles. The molecular weight excluding hydrogens is 392 g/mol. The third-order valence-electron chi connectivity index (χ3n) is 5.74. The second-order valence-corrected chi connectivity index (χ2v) is 7.90. The number of aliphatic hydroxyl groups excluding tert-OH is 1. The Kier molecular flexibility index (Phi) is 6.82. The average molecular weight is 422 g/mol. The van der Waals surface area contributed by atoms with E-state index in [0.29, 0.717) is 18.7 Å². The van der Waals surface area contributed by atoms with Crippen molar-refractivity contribution < 1.29 is 24.3 Å². The molecule has 162 valence electrons. The van der Waals surface area contributed by atoms with Crippen LogP contribution in [-0.4, -0.2) is 61.5 Å². The van der Waals surface area contributed by atoms with Crippen LogP contribution in [0.2, 0.25) is 0 Å². The predicted octanol–water partition coefficient (Wildman–Crippen LogP) is 1.82. The van der Waals surface area contributed by atoms with Crippen molar-refractivity contribution >= 4 is 22.8 Å². The molecule has 2 N–H and O–H groups in total. The predicted molar refractivity (Wildman–Crippen MR) is 121 cm³/mol. The van der Waals surface area contributed by atoms with Crippen LogP contribution in [0.15, 0.2) is 60.8 Å². The number of hydrogen-bond donors (Lipinski definition) is 2. The minimum Gasteiger partial charge on any atom is -0.497 e. The van der Waals surface area contributed by atoms with E-state index in [4.69, 9.17) is 9.47 Å². The van der Waals surface area contributed by atoms with Gasteiger partial charge in [0.2, 0.25) is 0 Å². The zero-order valence-corrected chi connectivity index (χ0v) is 17.8. The van der Waals surface area contributed by atoms with Crippen LogP contribution in [0.4, 0.5) is 0 Å². The molecule has 6 heteroatoms. The van der Waals surface area contributed by atoms with Gasteiger partial charge in [0.15, 0.2) is 5.78 Å². The molecule has 1 aliphatic heterocycles. The maximum Gasteiger partial charge on any atom is 0.185 e. The minimum absolute atomic E-state index is 0.0598. The van der Waals surface area contributed by atoms with E-state index in [1.54, 1.807) is 37.5 Å². The van der Waals surface area contributed by atoms with Gasteiger partial charge in [0.1, 0.15) is 31.5 Å². The molecule has 0 bridgehead atoms. The molecule has 0 unspecified atom stereocenters. The number of rotatable bonds is 8. The summed E-state index contributed by atoms with van der Waals surface area (Å²) >= 11 is 0. The monoisotopic (exact) mass is 421 g/mol. The van der Waals surface area contributed by atoms with Crippen LogP contribution in [0.1, 0.15) is 15.9 Å². The number of aliphatic hydroxyl groups is 1. The lowest BCUT2D eigenvalue weighted by Gasteiger charge is -2.26. The summed E-state index contributed by atoms with van der Waals surface area (Å²) in [6.45, 7) is 4.61. The lowest BCUT2D eigenvalue weighted by Crippen LogP contribution is -3.15. The second-order valence-electron chi connectivity index (χ2n) is 7.90. The summed E-state index contributed by atoms with van der Waals surface area (Å²) in [6.07, 6.45) is 5.02. The number of nitrogens with one attached hydrogen (secondary N) is 1. The van der Waals surface area contributed by atoms with Crippen LogP contribution in [0.25, 0.3) is 17.0 Å². The summed E-state index contributed by atoms with van der Waals surface area (Å²) in [5, 5.41) is 11.7. The van der Waals surface area contributed by atoms with E-state index >= 15 is 0 Å². The number of benzene rings is 2. The zero-order chi connectivity index (χ0) is 21.6. The number of carbonyl (C=O) groups excluding carboxylic acids is 1. The normalized spacial score (nSPS) is 16.1. The molecule has 1 fully saturated rings. The van der Waals surface area contributed by atoms with Crippen molar-refractivity contribution in [3.8, 4) is 5.75 Å². The summed E-state index contributed by atoms with van der Waals surface area (Å²) < 4.78 is 12.6. The van der Waals surface area contributed by atoms with E-state index in [1.807, 2.05) is 36.5 Å². The van der Waals surface area contributed by atoms with Crippen LogP contribution in [-0.2, 0) is 11.3 Å². The molecule has 1 aliphatic rings. The summed E-state index contributed by atoms with van der Waals surface area (Å²) in [5.41, 5.74) is 2.63. The Bertz CT molecular complexity index is 1050. The lowest BCUT2D eigenvalue weighted by molar-refractivity contribution is -0.911. The van der Waals surface area contributed by atoms with Gasteiger partial charge in [-0.25, -0.2) is 0 Å². The largest absolute Gasteiger partial charge is 0.497 e. The van der Waals surface area contributed by atoms with Gasteiger partial charge in [-0.05, 0) is 42.5 Å². The van der Waals surface area contributed by atoms with Gasteiger partial charge in [0, 0.05) is 28.2 Å². The third kappa shape index (κ3) is 5.22. The standard InChI is InChI=1S/C25H28N2O4/c1-30-22-9-6-19(7-10-22)25(29)11-8-20-16-27(24-5-3-2-4-23(20)24)18-21(28)17-26-12-14-31-15-13-26/h2-11,16,21,28H,12-15,17-18H2,1H3/p+1/b11-8+/t21-/m1/s1. The number of ketones is 1. The van der Waals surface area contributed by atoms with E-state index in [0.717, 1.165) is 48.5 Å². The SMILES string of the molecule is COc1ccc(C(=O)/C=C/c2cn(C[C@H](O)C[NH+]3CCOCC3)c3ccccc23)cc1. The summed E-state index contributed by atoms with van der Waals surface area (Å²) in [7, 11) is 1.60. The molecule has 0 spiro atoms. The van der Waals surface area contributed by atoms with E-state index < -0.39 is 6.10 Å². The van der Waals surface area contributed by atoms with Crippen molar-refractivity contribution in [2.24, 2.45) is 0 Å². The smallest absolute Gasteiger partial charge is 0.185 e. The number of para-hydroxylation sites is 1. The molecule has 1 aromatic heterocycles. The number of fused-ring (bicyclic) bond motifs is 1. The zero-order valence-electron chi connectivity index (χ0n) is 17.8. The fraction of sp³-hybridized carbons (Fsp3) is 0.320. The van der Waals surface area contributed by atoms with E-state index in [9.17, 15) is 9.90 Å². The maximum atomic E-state index is 12.6. The van der Waals surface area contributed by atoms with Crippen LogP contribution in [0, 0.1) is 0 Å². The van der Waals surface area contributed by atoms with Crippen molar-refractivity contribution in [3.63, 3.8) is 0 Å². The Morgan fingerprint density at radius 2 is 1.94 bits per heavy atom. The number of nitrogens with zero attached hydrogens (tertiary/aromatic N) is 1. The van der Waals surface area contributed by atoms with Gasteiger partial charge < -0.3 is 24.0 Å². The highest BCUT2D eigenvalue weighted by Crippen LogP contribution is 2.23. The quantitative estimate of drug-likeness (QED) is 0.430. The van der Waals surface area contributed by atoms with Crippen molar-refractivity contribution in [2.75, 3.05) is 40.0 Å². The number of morpholine rings is 1. The van der Waals surface area contributed by atoms with Crippen LogP contribution in [0.5, 0.6) is 5.75 Å². The number of carbonyl (C=O) groups is 1. The van der Waals surface area contributed by atoms with Gasteiger partial charge in [-0.3, -0.25) is 4.79 Å². The Labute approximate surface area is 182 Å². The van der Waals surface area contributed by atoms with E-state index in [-0.39, 0.29) is 5.78 Å². The molecule has 1 saturated heterocycles. The highest BCUT2D eigenvalue weighted by molar-refractivity contribution is 6.07. The van der Waals surface area contributed by atoms with E-state index in [1.165, 1.54) is 4.90 Å². The molecule has 1 atom stereocenters. The van der Waals surface area contributed by atoms with Crippen molar-refractivity contribution in [3.05, 3.63) is 71.9 Å². The van der Waals surface area contributed by atoms with Gasteiger partial charge in [0.05, 0.1) is 26.9 Å². The number of aromatic nitrogens is 1. The second kappa shape index (κ2) is 9.92. The van der Waals surface area contributed by atoms with Gasteiger partial charge >= 0.3 is 0 Å². The number of ether oxygens (including phenoxy) is 2. The highest BCUT2D eigenvalue weighted by Gasteiger charge is 2.19. The van der Waals surface area contributed by atoms with Gasteiger partial charge in [0.25, 0.3) is 0 Å². The third-order valence-corrected chi connectivity index (χ3v) is 5.74. The van der Waals surface area contributed by atoms with Crippen molar-refractivity contribution in [2.45, 2.75) is 12.6 Å². The summed E-state index contributed by atoms with van der Waals surface area (Å²) in [4.78, 5) is 13.9. The fourth-order valence-electron chi connectivity index (χ4n) is 4.07. The first-order valence-electron chi connectivity index (χ1n) is 10.7. The maximum absolute atomic E-state index is 12.6. The Balaban J connectivity index is 1.50. The molecule has 0 aliphatic carbocycles. The Morgan fingerprint density at radius 1 is 1.19 bits per heavy atom. The molecular formula is C25H29N2O4+. The molecule has 2 aromatic carbocycles. The molecule has 0 saturated carbocycles. The number of hydrogen-bond acceptors (Lipinski definition) is 4. The molecule has 3 aromatic rings. The summed E-state index contributed by atoms with van der Waals surface area (Å²) in [6, 6.07) is 15.2. The van der Waals surface area contributed by atoms with Crippen molar-refractivity contribution in [1.82, 2.24) is 4.57 Å². The molecule has 4 rings (SSSR count). The first kappa shape index (κ1) is 21.3. The van der Waals surface area contributed by atoms with Crippen LogP contribution >= 0.6 is 0 Å². The highest BCUT2D eigenvalue weighted by atomic mass is 16.5. The fourth-order valence-corrected chi connectivity index (χ4v) is 4.07. The summed E-state index contributed by atoms with van der Waals surface area (Å²) in [5.74, 6) is 0.663. The lowest BCUT2D eigenvalue weighted by atomic mass is 10.1. The van der Waals surface area contributed by atoms with Gasteiger partial charge in [-0.1, -0.05) is 18.2 Å². The number of methoxy groups -OCH3 is 1. The molecule has 6 nitrogen and oxygen atoms in total.